The first-order chi connectivity index (χ1) is 6.13. The molecule has 4 heteroatoms. The zero-order chi connectivity index (χ0) is 9.47. The Morgan fingerprint density at radius 2 is 2.08 bits per heavy atom. The number of sulfone groups is 1. The van der Waals surface area contributed by atoms with E-state index in [0.29, 0.717) is 11.1 Å². The highest BCUT2D eigenvalue weighted by Gasteiger charge is 2.20. The van der Waals surface area contributed by atoms with Crippen molar-refractivity contribution >= 4 is 15.9 Å². The van der Waals surface area contributed by atoms with E-state index in [0.717, 1.165) is 5.41 Å². The first-order valence-corrected chi connectivity index (χ1v) is 5.15. The number of hydrogen-bond acceptors (Lipinski definition) is 3. The number of fused-ring (bicyclic) bond motifs is 1. The standard InChI is InChI=1S/C9H5NO2S/c10-6-7-1-2-9-8(5-7)3-4-13(9,11)12/h1-5H. The van der Waals surface area contributed by atoms with Crippen LogP contribution in [0, 0.1) is 11.3 Å². The van der Waals surface area contributed by atoms with Gasteiger partial charge in [-0.05, 0) is 29.8 Å². The number of benzene rings is 1. The summed E-state index contributed by atoms with van der Waals surface area (Å²) in [6, 6.07) is 6.49. The summed E-state index contributed by atoms with van der Waals surface area (Å²) in [7, 11) is -3.22. The lowest BCUT2D eigenvalue weighted by Gasteiger charge is -1.97. The summed E-state index contributed by atoms with van der Waals surface area (Å²) in [6.07, 6.45) is 1.51. The fourth-order valence-corrected chi connectivity index (χ4v) is 2.43. The van der Waals surface area contributed by atoms with Gasteiger partial charge in [0.15, 0.2) is 9.84 Å². The second kappa shape index (κ2) is 2.44. The molecule has 3 nitrogen and oxygen atoms in total. The third kappa shape index (κ3) is 1.14. The molecule has 0 bridgehead atoms. The maximum atomic E-state index is 11.3. The minimum Gasteiger partial charge on any atom is -0.219 e. The quantitative estimate of drug-likeness (QED) is 0.621. The van der Waals surface area contributed by atoms with Crippen LogP contribution in [0.2, 0.25) is 0 Å². The molecule has 1 aliphatic rings. The van der Waals surface area contributed by atoms with Gasteiger partial charge in [0, 0.05) is 5.41 Å². The number of hydrogen-bond donors (Lipinski definition) is 0. The fourth-order valence-electron chi connectivity index (χ4n) is 1.24. The van der Waals surface area contributed by atoms with Crippen molar-refractivity contribution in [1.82, 2.24) is 0 Å². The van der Waals surface area contributed by atoms with Gasteiger partial charge in [-0.1, -0.05) is 0 Å². The average Bonchev–Trinajstić information content (AvgIpc) is 2.42. The van der Waals surface area contributed by atoms with E-state index in [1.54, 1.807) is 6.07 Å². The average molecular weight is 191 g/mol. The summed E-state index contributed by atoms with van der Waals surface area (Å²) in [4.78, 5) is 0.284. The summed E-state index contributed by atoms with van der Waals surface area (Å²) in [5.74, 6) is 0. The summed E-state index contributed by atoms with van der Waals surface area (Å²) in [5, 5.41) is 9.73. The van der Waals surface area contributed by atoms with Crippen molar-refractivity contribution in [2.24, 2.45) is 0 Å². The molecular formula is C9H5NO2S. The van der Waals surface area contributed by atoms with Gasteiger partial charge in [-0.25, -0.2) is 8.42 Å². The Hall–Kier alpha value is -1.60. The molecule has 0 aromatic heterocycles. The normalized spacial score (nSPS) is 16.5. The Labute approximate surface area is 75.8 Å². The van der Waals surface area contributed by atoms with Crippen LogP contribution in [0.3, 0.4) is 0 Å². The van der Waals surface area contributed by atoms with Crippen LogP contribution in [0.4, 0.5) is 0 Å². The lowest BCUT2D eigenvalue weighted by molar-refractivity contribution is 0.605. The van der Waals surface area contributed by atoms with Crippen molar-refractivity contribution in [2.45, 2.75) is 4.90 Å². The van der Waals surface area contributed by atoms with Gasteiger partial charge < -0.3 is 0 Å². The van der Waals surface area contributed by atoms with E-state index in [1.807, 2.05) is 6.07 Å². The van der Waals surface area contributed by atoms with Gasteiger partial charge in [0.05, 0.1) is 16.5 Å². The summed E-state index contributed by atoms with van der Waals surface area (Å²) >= 11 is 0. The van der Waals surface area contributed by atoms with Crippen molar-refractivity contribution in [3.05, 3.63) is 34.7 Å². The van der Waals surface area contributed by atoms with Crippen LogP contribution in [0.1, 0.15) is 11.1 Å². The van der Waals surface area contributed by atoms with Crippen LogP contribution in [0.5, 0.6) is 0 Å². The molecule has 1 aliphatic heterocycles. The zero-order valence-electron chi connectivity index (χ0n) is 6.56. The lowest BCUT2D eigenvalue weighted by Crippen LogP contribution is -1.93. The molecule has 0 amide bonds. The first kappa shape index (κ1) is 8.02. The molecule has 0 saturated heterocycles. The Morgan fingerprint density at radius 1 is 1.31 bits per heavy atom. The van der Waals surface area contributed by atoms with Crippen molar-refractivity contribution in [3.63, 3.8) is 0 Å². The Kier molecular flexibility index (Phi) is 1.51. The fraction of sp³-hybridized carbons (Fsp3) is 0. The van der Waals surface area contributed by atoms with Crippen LogP contribution in [0.25, 0.3) is 6.08 Å². The Morgan fingerprint density at radius 3 is 2.77 bits per heavy atom. The molecular weight excluding hydrogens is 186 g/mol. The smallest absolute Gasteiger partial charge is 0.200 e. The summed E-state index contributed by atoms with van der Waals surface area (Å²) in [6.45, 7) is 0. The van der Waals surface area contributed by atoms with Gasteiger partial charge in [-0.15, -0.1) is 0 Å². The maximum absolute atomic E-state index is 11.3. The SMILES string of the molecule is N#Cc1ccc2c(c1)C=CS2(=O)=O. The van der Waals surface area contributed by atoms with E-state index in [-0.39, 0.29) is 4.90 Å². The van der Waals surface area contributed by atoms with Crippen LogP contribution in [0.15, 0.2) is 28.5 Å². The van der Waals surface area contributed by atoms with Crippen molar-refractivity contribution < 1.29 is 8.42 Å². The van der Waals surface area contributed by atoms with Gasteiger partial charge in [0.2, 0.25) is 0 Å². The number of rotatable bonds is 0. The van der Waals surface area contributed by atoms with Gasteiger partial charge in [-0.3, -0.25) is 0 Å². The monoisotopic (exact) mass is 191 g/mol. The van der Waals surface area contributed by atoms with Gasteiger partial charge >= 0.3 is 0 Å². The van der Waals surface area contributed by atoms with Gasteiger partial charge in [0.25, 0.3) is 0 Å². The molecule has 0 saturated carbocycles. The summed E-state index contributed by atoms with van der Waals surface area (Å²) < 4.78 is 22.6. The van der Waals surface area contributed by atoms with E-state index in [9.17, 15) is 8.42 Å². The minimum absolute atomic E-state index is 0.284. The third-order valence-electron chi connectivity index (χ3n) is 1.87. The number of nitriles is 1. The minimum atomic E-state index is -3.22. The molecule has 1 heterocycles. The second-order valence-corrected chi connectivity index (χ2v) is 4.51. The highest BCUT2D eigenvalue weighted by atomic mass is 32.2. The second-order valence-electron chi connectivity index (χ2n) is 2.71. The molecule has 0 N–H and O–H groups in total. The highest BCUT2D eigenvalue weighted by molar-refractivity contribution is 7.94. The first-order valence-electron chi connectivity index (χ1n) is 3.61. The molecule has 2 rings (SSSR count). The molecule has 13 heavy (non-hydrogen) atoms. The molecule has 0 unspecified atom stereocenters. The van der Waals surface area contributed by atoms with E-state index >= 15 is 0 Å². The highest BCUT2D eigenvalue weighted by Crippen LogP contribution is 2.26. The van der Waals surface area contributed by atoms with Crippen molar-refractivity contribution in [2.75, 3.05) is 0 Å². The molecule has 0 spiro atoms. The van der Waals surface area contributed by atoms with Crippen molar-refractivity contribution in [3.8, 4) is 6.07 Å². The van der Waals surface area contributed by atoms with E-state index in [4.69, 9.17) is 5.26 Å². The maximum Gasteiger partial charge on any atom is 0.200 e. The summed E-state index contributed by atoms with van der Waals surface area (Å²) in [5.41, 5.74) is 1.07. The van der Waals surface area contributed by atoms with Gasteiger partial charge in [-0.2, -0.15) is 5.26 Å². The third-order valence-corrected chi connectivity index (χ3v) is 3.35. The van der Waals surface area contributed by atoms with E-state index in [1.165, 1.54) is 18.2 Å². The zero-order valence-corrected chi connectivity index (χ0v) is 7.38. The Balaban J connectivity index is 2.74. The molecule has 0 fully saturated rings. The largest absolute Gasteiger partial charge is 0.219 e. The topological polar surface area (TPSA) is 57.9 Å². The predicted molar refractivity (Wildman–Crippen MR) is 47.4 cm³/mol. The predicted octanol–water partition coefficient (Wildman–Crippen LogP) is 1.32. The van der Waals surface area contributed by atoms with Crippen molar-refractivity contribution in [1.29, 1.82) is 5.26 Å². The lowest BCUT2D eigenvalue weighted by atomic mass is 10.1. The van der Waals surface area contributed by atoms with Crippen LogP contribution in [-0.2, 0) is 9.84 Å². The van der Waals surface area contributed by atoms with Crippen LogP contribution >= 0.6 is 0 Å². The molecule has 0 atom stereocenters. The van der Waals surface area contributed by atoms with Crippen LogP contribution < -0.4 is 0 Å². The Bertz CT molecular complexity index is 535. The number of nitrogens with zero attached hydrogens (tertiary/aromatic N) is 1. The molecule has 0 aliphatic carbocycles. The molecule has 0 radical (unpaired) electrons. The van der Waals surface area contributed by atoms with Gasteiger partial charge in [0.1, 0.15) is 0 Å². The molecule has 64 valence electrons. The van der Waals surface area contributed by atoms with E-state index < -0.39 is 9.84 Å². The molecule has 1 aromatic rings. The van der Waals surface area contributed by atoms with Crippen LogP contribution in [-0.4, -0.2) is 8.42 Å². The van der Waals surface area contributed by atoms with E-state index in [2.05, 4.69) is 0 Å². The molecule has 1 aromatic carbocycles.